The van der Waals surface area contributed by atoms with Crippen LogP contribution in [0, 0.1) is 0 Å². The highest BCUT2D eigenvalue weighted by atomic mass is 31.2. The van der Waals surface area contributed by atoms with Gasteiger partial charge in [-0.2, -0.15) is 0 Å². The molecule has 4 heteroatoms. The highest BCUT2D eigenvalue weighted by Gasteiger charge is 2.11. The highest BCUT2D eigenvalue weighted by molar-refractivity contribution is 7.70. The van der Waals surface area contributed by atoms with Crippen LogP contribution < -0.4 is 5.30 Å². The molecule has 3 nitrogen and oxygen atoms in total. The van der Waals surface area contributed by atoms with Crippen LogP contribution in [-0.4, -0.2) is 23.3 Å². The number of aromatic nitrogens is 2. The summed E-state index contributed by atoms with van der Waals surface area (Å²) in [5, 5.41) is 0.762. The van der Waals surface area contributed by atoms with Crippen molar-refractivity contribution in [3.05, 3.63) is 18.2 Å². The second-order valence-corrected chi connectivity index (χ2v) is 7.03. The van der Waals surface area contributed by atoms with E-state index in [0.29, 0.717) is 0 Å². The molecule has 1 aromatic rings. The zero-order valence-electron chi connectivity index (χ0n) is 9.03. The van der Waals surface area contributed by atoms with Crippen molar-refractivity contribution < 1.29 is 4.57 Å². The first-order valence-electron chi connectivity index (χ1n) is 4.90. The molecule has 1 rings (SSSR count). The molecule has 0 amide bonds. The molecule has 0 N–H and O–H groups in total. The third-order valence-electron chi connectivity index (χ3n) is 2.07. The smallest absolute Gasteiger partial charge is 0.128 e. The van der Waals surface area contributed by atoms with Gasteiger partial charge in [-0.3, -0.25) is 0 Å². The minimum absolute atomic E-state index is 0.762. The van der Waals surface area contributed by atoms with E-state index in [9.17, 15) is 4.57 Å². The first-order chi connectivity index (χ1) is 6.54. The van der Waals surface area contributed by atoms with Gasteiger partial charge in [-0.15, -0.1) is 0 Å². The fourth-order valence-electron chi connectivity index (χ4n) is 1.09. The Kier molecular flexibility index (Phi) is 3.82. The molecule has 0 spiro atoms. The van der Waals surface area contributed by atoms with E-state index in [0.717, 1.165) is 30.4 Å². The van der Waals surface area contributed by atoms with Gasteiger partial charge >= 0.3 is 0 Å². The molecule has 0 fully saturated rings. The Labute approximate surface area is 85.3 Å². The van der Waals surface area contributed by atoms with Gasteiger partial charge in [0.05, 0.1) is 0 Å². The number of rotatable bonds is 4. The Morgan fingerprint density at radius 1 is 1.29 bits per heavy atom. The van der Waals surface area contributed by atoms with E-state index >= 15 is 0 Å². The average Bonchev–Trinajstić information content (AvgIpc) is 2.14. The fraction of sp³-hybridized carbons (Fsp3) is 0.600. The van der Waals surface area contributed by atoms with E-state index in [4.69, 9.17) is 0 Å². The second-order valence-electron chi connectivity index (χ2n) is 3.81. The lowest BCUT2D eigenvalue weighted by Crippen LogP contribution is -2.07. The van der Waals surface area contributed by atoms with Crippen molar-refractivity contribution in [1.82, 2.24) is 9.97 Å². The molecule has 0 radical (unpaired) electrons. The molecule has 14 heavy (non-hydrogen) atoms. The van der Waals surface area contributed by atoms with E-state index in [1.165, 1.54) is 0 Å². The SMILES string of the molecule is CCCCc1ncc(P(C)(C)=O)cn1. The molecule has 1 aromatic heterocycles. The Balaban J connectivity index is 2.74. The summed E-state index contributed by atoms with van der Waals surface area (Å²) in [6, 6.07) is 0. The topological polar surface area (TPSA) is 42.9 Å². The maximum Gasteiger partial charge on any atom is 0.128 e. The molecule has 0 aliphatic heterocycles. The molecule has 0 aliphatic rings. The van der Waals surface area contributed by atoms with Gasteiger partial charge in [0.2, 0.25) is 0 Å². The standard InChI is InChI=1S/C10H17N2OP/c1-4-5-6-10-11-7-9(8-12-10)14(2,3)13/h7-8H,4-6H2,1-3H3. The Morgan fingerprint density at radius 3 is 2.29 bits per heavy atom. The Bertz CT molecular complexity index is 328. The van der Waals surface area contributed by atoms with Gasteiger partial charge in [0.15, 0.2) is 0 Å². The summed E-state index contributed by atoms with van der Waals surface area (Å²) in [7, 11) is -2.19. The van der Waals surface area contributed by atoms with Crippen molar-refractivity contribution in [2.45, 2.75) is 26.2 Å². The molecule has 78 valence electrons. The van der Waals surface area contributed by atoms with Crippen LogP contribution in [0.3, 0.4) is 0 Å². The first kappa shape index (κ1) is 11.4. The molecular formula is C10H17N2OP. The second kappa shape index (κ2) is 4.70. The monoisotopic (exact) mass is 212 g/mol. The summed E-state index contributed by atoms with van der Waals surface area (Å²) in [5.74, 6) is 0.851. The van der Waals surface area contributed by atoms with Crippen molar-refractivity contribution in [2.75, 3.05) is 13.3 Å². The van der Waals surface area contributed by atoms with Gasteiger partial charge in [0.1, 0.15) is 13.0 Å². The first-order valence-corrected chi connectivity index (χ1v) is 7.50. The van der Waals surface area contributed by atoms with Crippen LogP contribution >= 0.6 is 7.14 Å². The average molecular weight is 212 g/mol. The van der Waals surface area contributed by atoms with Crippen LogP contribution in [-0.2, 0) is 11.0 Å². The van der Waals surface area contributed by atoms with E-state index in [-0.39, 0.29) is 0 Å². The van der Waals surface area contributed by atoms with Gasteiger partial charge in [0.25, 0.3) is 0 Å². The molecular weight excluding hydrogens is 195 g/mol. The lowest BCUT2D eigenvalue weighted by molar-refractivity contribution is 0.588. The molecule has 1 heterocycles. The van der Waals surface area contributed by atoms with E-state index in [2.05, 4.69) is 16.9 Å². The van der Waals surface area contributed by atoms with Gasteiger partial charge in [-0.25, -0.2) is 9.97 Å². The quantitative estimate of drug-likeness (QED) is 0.717. The van der Waals surface area contributed by atoms with Crippen LogP contribution in [0.4, 0.5) is 0 Å². The minimum Gasteiger partial charge on any atom is -0.319 e. The predicted molar refractivity (Wildman–Crippen MR) is 59.7 cm³/mol. The summed E-state index contributed by atoms with van der Waals surface area (Å²) >= 11 is 0. The van der Waals surface area contributed by atoms with Crippen LogP contribution in [0.15, 0.2) is 12.4 Å². The number of nitrogens with zero attached hydrogens (tertiary/aromatic N) is 2. The summed E-state index contributed by atoms with van der Waals surface area (Å²) < 4.78 is 11.7. The molecule has 0 saturated carbocycles. The molecule has 0 saturated heterocycles. The van der Waals surface area contributed by atoms with Crippen LogP contribution in [0.1, 0.15) is 25.6 Å². The molecule has 0 aromatic carbocycles. The Hall–Kier alpha value is -0.690. The van der Waals surface area contributed by atoms with Gasteiger partial charge < -0.3 is 4.57 Å². The van der Waals surface area contributed by atoms with Crippen LogP contribution in [0.2, 0.25) is 0 Å². The van der Waals surface area contributed by atoms with Gasteiger partial charge in [0, 0.05) is 24.1 Å². The molecule has 0 atom stereocenters. The summed E-state index contributed by atoms with van der Waals surface area (Å²) in [5.41, 5.74) is 0. The van der Waals surface area contributed by atoms with E-state index in [1.54, 1.807) is 25.7 Å². The van der Waals surface area contributed by atoms with Crippen molar-refractivity contribution in [3.8, 4) is 0 Å². The van der Waals surface area contributed by atoms with Gasteiger partial charge in [-0.1, -0.05) is 13.3 Å². The van der Waals surface area contributed by atoms with E-state index in [1.807, 2.05) is 0 Å². The number of hydrogen-bond donors (Lipinski definition) is 0. The van der Waals surface area contributed by atoms with Crippen molar-refractivity contribution in [3.63, 3.8) is 0 Å². The normalized spacial score (nSPS) is 11.6. The lowest BCUT2D eigenvalue weighted by Gasteiger charge is -2.05. The summed E-state index contributed by atoms with van der Waals surface area (Å²) in [4.78, 5) is 8.40. The van der Waals surface area contributed by atoms with Crippen LogP contribution in [0.25, 0.3) is 0 Å². The number of unbranched alkanes of at least 4 members (excludes halogenated alkanes) is 1. The maximum absolute atomic E-state index is 11.7. The largest absolute Gasteiger partial charge is 0.319 e. The fourth-order valence-corrected chi connectivity index (χ4v) is 1.76. The number of hydrogen-bond acceptors (Lipinski definition) is 3. The molecule has 0 unspecified atom stereocenters. The van der Waals surface area contributed by atoms with Crippen molar-refractivity contribution >= 4 is 12.4 Å². The summed E-state index contributed by atoms with van der Waals surface area (Å²) in [6.45, 7) is 5.61. The zero-order chi connectivity index (χ0) is 10.6. The zero-order valence-corrected chi connectivity index (χ0v) is 9.92. The minimum atomic E-state index is -2.19. The summed E-state index contributed by atoms with van der Waals surface area (Å²) in [6.07, 6.45) is 6.55. The van der Waals surface area contributed by atoms with Crippen molar-refractivity contribution in [1.29, 1.82) is 0 Å². The van der Waals surface area contributed by atoms with Gasteiger partial charge in [-0.05, 0) is 19.8 Å². The third-order valence-corrected chi connectivity index (χ3v) is 3.54. The number of aryl methyl sites for hydroxylation is 1. The predicted octanol–water partition coefficient (Wildman–Crippen LogP) is 2.07. The highest BCUT2D eigenvalue weighted by Crippen LogP contribution is 2.33. The van der Waals surface area contributed by atoms with E-state index < -0.39 is 7.14 Å². The molecule has 0 bridgehead atoms. The molecule has 0 aliphatic carbocycles. The maximum atomic E-state index is 11.7. The Morgan fingerprint density at radius 2 is 1.86 bits per heavy atom. The lowest BCUT2D eigenvalue weighted by atomic mass is 10.2. The van der Waals surface area contributed by atoms with Crippen LogP contribution in [0.5, 0.6) is 0 Å². The van der Waals surface area contributed by atoms with Crippen molar-refractivity contribution in [2.24, 2.45) is 0 Å². The third kappa shape index (κ3) is 3.22.